The topological polar surface area (TPSA) is 59.8 Å². The van der Waals surface area contributed by atoms with Crippen LogP contribution in [0, 0.1) is 0 Å². The number of amides is 1. The van der Waals surface area contributed by atoms with Crippen molar-refractivity contribution in [1.82, 2.24) is 14.8 Å². The zero-order chi connectivity index (χ0) is 21.8. The third-order valence-corrected chi connectivity index (χ3v) is 5.39. The number of hydrogen-bond acceptors (Lipinski definition) is 4. The number of alkyl halides is 3. The SMILES string of the molecule is O=C(Cc1csc(Cc2ccccc2)n1)Nc1cc(C(F)(F)F)ccc1-n1cccn1. The molecule has 31 heavy (non-hydrogen) atoms. The molecule has 0 unspecified atom stereocenters. The molecule has 2 aromatic carbocycles. The minimum atomic E-state index is -4.52. The molecule has 0 aliphatic heterocycles. The van der Waals surface area contributed by atoms with E-state index in [9.17, 15) is 18.0 Å². The van der Waals surface area contributed by atoms with Crippen LogP contribution >= 0.6 is 11.3 Å². The smallest absolute Gasteiger partial charge is 0.324 e. The molecule has 9 heteroatoms. The van der Waals surface area contributed by atoms with Gasteiger partial charge in [0.25, 0.3) is 0 Å². The molecule has 2 heterocycles. The third kappa shape index (κ3) is 5.18. The van der Waals surface area contributed by atoms with E-state index in [1.165, 1.54) is 28.3 Å². The standard InChI is InChI=1S/C22H17F3N4OS/c23-22(24,25)16-7-8-19(29-10-4-9-26-29)18(12-16)28-20(30)13-17-14-31-21(27-17)11-15-5-2-1-3-6-15/h1-10,12,14H,11,13H2,(H,28,30). The van der Waals surface area contributed by atoms with Crippen molar-refractivity contribution < 1.29 is 18.0 Å². The predicted octanol–water partition coefficient (Wildman–Crippen LogP) is 5.12. The van der Waals surface area contributed by atoms with E-state index in [0.717, 1.165) is 22.7 Å². The summed E-state index contributed by atoms with van der Waals surface area (Å²) < 4.78 is 40.9. The summed E-state index contributed by atoms with van der Waals surface area (Å²) in [6.07, 6.45) is -0.811. The van der Waals surface area contributed by atoms with Crippen molar-refractivity contribution >= 4 is 22.9 Å². The molecule has 0 saturated carbocycles. The van der Waals surface area contributed by atoms with Gasteiger partial charge in [0.2, 0.25) is 5.91 Å². The summed E-state index contributed by atoms with van der Waals surface area (Å²) in [5.74, 6) is -0.454. The van der Waals surface area contributed by atoms with Crippen LogP contribution in [-0.2, 0) is 23.8 Å². The first kappa shape index (κ1) is 20.8. The van der Waals surface area contributed by atoms with Gasteiger partial charge in [0.1, 0.15) is 0 Å². The number of benzene rings is 2. The highest BCUT2D eigenvalue weighted by Gasteiger charge is 2.31. The normalized spacial score (nSPS) is 11.5. The van der Waals surface area contributed by atoms with Crippen molar-refractivity contribution in [3.63, 3.8) is 0 Å². The third-order valence-electron chi connectivity index (χ3n) is 4.49. The average Bonchev–Trinajstić information content (AvgIpc) is 3.40. The fourth-order valence-electron chi connectivity index (χ4n) is 3.06. The highest BCUT2D eigenvalue weighted by molar-refractivity contribution is 7.09. The first-order valence-corrected chi connectivity index (χ1v) is 10.2. The number of nitrogens with zero attached hydrogens (tertiary/aromatic N) is 3. The van der Waals surface area contributed by atoms with Gasteiger partial charge in [-0.25, -0.2) is 9.67 Å². The molecule has 0 atom stereocenters. The summed E-state index contributed by atoms with van der Waals surface area (Å²) in [5, 5.41) is 9.29. The maximum absolute atomic E-state index is 13.2. The lowest BCUT2D eigenvalue weighted by atomic mass is 10.1. The van der Waals surface area contributed by atoms with Crippen LogP contribution < -0.4 is 5.32 Å². The molecule has 2 aromatic heterocycles. The molecule has 1 amide bonds. The van der Waals surface area contributed by atoms with E-state index in [-0.39, 0.29) is 12.1 Å². The number of thiazole rings is 1. The zero-order valence-electron chi connectivity index (χ0n) is 16.1. The minimum absolute atomic E-state index is 0.0308. The van der Waals surface area contributed by atoms with Crippen LogP contribution in [0.2, 0.25) is 0 Å². The Labute approximate surface area is 180 Å². The maximum atomic E-state index is 13.2. The Morgan fingerprint density at radius 1 is 1.10 bits per heavy atom. The Morgan fingerprint density at radius 3 is 2.61 bits per heavy atom. The number of carbonyl (C=O) groups excluding carboxylic acids is 1. The van der Waals surface area contributed by atoms with Gasteiger partial charge in [-0.2, -0.15) is 18.3 Å². The van der Waals surface area contributed by atoms with Crippen molar-refractivity contribution in [2.75, 3.05) is 5.32 Å². The minimum Gasteiger partial charge on any atom is -0.324 e. The van der Waals surface area contributed by atoms with Gasteiger partial charge in [0.05, 0.1) is 34.1 Å². The van der Waals surface area contributed by atoms with Crippen molar-refractivity contribution in [2.45, 2.75) is 19.0 Å². The number of aromatic nitrogens is 3. The van der Waals surface area contributed by atoms with Crippen molar-refractivity contribution in [3.8, 4) is 5.69 Å². The van der Waals surface area contributed by atoms with Crippen LogP contribution in [0.15, 0.2) is 72.4 Å². The fraction of sp³-hybridized carbons (Fsp3) is 0.136. The van der Waals surface area contributed by atoms with E-state index < -0.39 is 17.6 Å². The van der Waals surface area contributed by atoms with Crippen molar-refractivity contribution in [1.29, 1.82) is 0 Å². The average molecular weight is 442 g/mol. The second kappa shape index (κ2) is 8.73. The number of nitrogens with one attached hydrogen (secondary N) is 1. The van der Waals surface area contributed by atoms with Crippen LogP contribution in [0.25, 0.3) is 5.69 Å². The first-order chi connectivity index (χ1) is 14.9. The van der Waals surface area contributed by atoms with Gasteiger partial charge in [0.15, 0.2) is 0 Å². The molecule has 0 saturated heterocycles. The molecular weight excluding hydrogens is 425 g/mol. The van der Waals surface area contributed by atoms with Gasteiger partial charge >= 0.3 is 6.18 Å². The lowest BCUT2D eigenvalue weighted by Gasteiger charge is -2.14. The molecule has 0 fully saturated rings. The van der Waals surface area contributed by atoms with E-state index in [4.69, 9.17) is 0 Å². The highest BCUT2D eigenvalue weighted by atomic mass is 32.1. The largest absolute Gasteiger partial charge is 0.416 e. The number of hydrogen-bond donors (Lipinski definition) is 1. The molecule has 0 aliphatic rings. The van der Waals surface area contributed by atoms with Crippen LogP contribution in [0.3, 0.4) is 0 Å². The Bertz CT molecular complexity index is 1170. The number of anilines is 1. The van der Waals surface area contributed by atoms with Crippen LogP contribution in [0.5, 0.6) is 0 Å². The van der Waals surface area contributed by atoms with Gasteiger partial charge < -0.3 is 5.32 Å². The Balaban J connectivity index is 1.50. The molecule has 0 radical (unpaired) electrons. The van der Waals surface area contributed by atoms with E-state index in [0.29, 0.717) is 17.8 Å². The summed E-state index contributed by atoms with van der Waals surface area (Å²) in [4.78, 5) is 17.1. The Kier molecular flexibility index (Phi) is 5.85. The molecule has 158 valence electrons. The predicted molar refractivity (Wildman–Crippen MR) is 112 cm³/mol. The fourth-order valence-corrected chi connectivity index (χ4v) is 3.89. The summed E-state index contributed by atoms with van der Waals surface area (Å²) in [6.45, 7) is 0. The molecule has 1 N–H and O–H groups in total. The lowest BCUT2D eigenvalue weighted by Crippen LogP contribution is -2.17. The monoisotopic (exact) mass is 442 g/mol. The van der Waals surface area contributed by atoms with Gasteiger partial charge in [-0.05, 0) is 29.8 Å². The van der Waals surface area contributed by atoms with Crippen molar-refractivity contribution in [2.24, 2.45) is 0 Å². The number of halogens is 3. The number of rotatable bonds is 6. The summed E-state index contributed by atoms with van der Waals surface area (Å²) in [5.41, 5.74) is 1.21. The van der Waals surface area contributed by atoms with Crippen molar-refractivity contribution in [3.05, 3.63) is 94.2 Å². The molecule has 0 bridgehead atoms. The van der Waals surface area contributed by atoms with Gasteiger partial charge in [-0.3, -0.25) is 4.79 Å². The quantitative estimate of drug-likeness (QED) is 0.451. The summed E-state index contributed by atoms with van der Waals surface area (Å²) in [6, 6.07) is 14.6. The summed E-state index contributed by atoms with van der Waals surface area (Å²) in [7, 11) is 0. The van der Waals surface area contributed by atoms with E-state index in [2.05, 4.69) is 15.4 Å². The van der Waals surface area contributed by atoms with E-state index >= 15 is 0 Å². The molecule has 5 nitrogen and oxygen atoms in total. The molecule has 4 rings (SSSR count). The van der Waals surface area contributed by atoms with Crippen LogP contribution in [0.4, 0.5) is 18.9 Å². The second-order valence-corrected chi connectivity index (χ2v) is 7.74. The van der Waals surface area contributed by atoms with E-state index in [1.54, 1.807) is 17.6 Å². The molecule has 4 aromatic rings. The second-order valence-electron chi connectivity index (χ2n) is 6.80. The van der Waals surface area contributed by atoms with Gasteiger partial charge in [0, 0.05) is 24.2 Å². The molecule has 0 aliphatic carbocycles. The van der Waals surface area contributed by atoms with Gasteiger partial charge in [-0.1, -0.05) is 30.3 Å². The first-order valence-electron chi connectivity index (χ1n) is 9.37. The Hall–Kier alpha value is -3.46. The number of carbonyl (C=O) groups is 1. The van der Waals surface area contributed by atoms with E-state index in [1.807, 2.05) is 30.3 Å². The molecular formula is C22H17F3N4OS. The zero-order valence-corrected chi connectivity index (χ0v) is 17.0. The maximum Gasteiger partial charge on any atom is 0.416 e. The lowest BCUT2D eigenvalue weighted by molar-refractivity contribution is -0.137. The van der Waals surface area contributed by atoms with Gasteiger partial charge in [-0.15, -0.1) is 11.3 Å². The Morgan fingerprint density at radius 2 is 1.90 bits per heavy atom. The van der Waals surface area contributed by atoms with Crippen LogP contribution in [-0.4, -0.2) is 20.7 Å². The molecule has 0 spiro atoms. The summed E-state index contributed by atoms with van der Waals surface area (Å²) >= 11 is 1.45. The highest BCUT2D eigenvalue weighted by Crippen LogP contribution is 2.33. The van der Waals surface area contributed by atoms with Crippen LogP contribution in [0.1, 0.15) is 21.8 Å².